The summed E-state index contributed by atoms with van der Waals surface area (Å²) in [4.78, 5) is 16.2. The summed E-state index contributed by atoms with van der Waals surface area (Å²) in [7, 11) is 4.68. The third-order valence-electron chi connectivity index (χ3n) is 5.86. The first kappa shape index (κ1) is 26.3. The molecule has 11 heteroatoms. The second-order valence-corrected chi connectivity index (χ2v) is 9.13. The van der Waals surface area contributed by atoms with Crippen LogP contribution in [0, 0.1) is 0 Å². The van der Waals surface area contributed by atoms with Crippen molar-refractivity contribution in [2.24, 2.45) is 7.05 Å². The summed E-state index contributed by atoms with van der Waals surface area (Å²) in [6, 6.07) is 8.80. The Hall–Kier alpha value is -3.79. The van der Waals surface area contributed by atoms with Crippen molar-refractivity contribution in [3.05, 3.63) is 76.6 Å². The number of rotatable bonds is 8. The van der Waals surface area contributed by atoms with Crippen LogP contribution in [0.5, 0.6) is 11.5 Å². The number of benzene rings is 2. The first-order valence-corrected chi connectivity index (χ1v) is 11.8. The number of hydrogen-bond acceptors (Lipinski definition) is 7. The van der Waals surface area contributed by atoms with E-state index in [9.17, 15) is 9.90 Å². The summed E-state index contributed by atoms with van der Waals surface area (Å²) in [5.74, 6) is 1.18. The van der Waals surface area contributed by atoms with Gasteiger partial charge in [-0.2, -0.15) is 5.10 Å². The maximum absolute atomic E-state index is 11.8. The molecule has 4 aromatic rings. The van der Waals surface area contributed by atoms with Crippen LogP contribution in [0.2, 0.25) is 10.0 Å². The van der Waals surface area contributed by atoms with Gasteiger partial charge >= 0.3 is 0 Å². The third kappa shape index (κ3) is 5.06. The molecule has 9 nitrogen and oxygen atoms in total. The fraction of sp³-hybridized carbons (Fsp3) is 0.192. The monoisotopic (exact) mass is 541 g/mol. The van der Waals surface area contributed by atoms with Gasteiger partial charge in [0.2, 0.25) is 5.91 Å². The molecular weight excluding hydrogens is 517 g/mol. The zero-order valence-electron chi connectivity index (χ0n) is 20.6. The number of aromatic nitrogens is 3. The minimum Gasteiger partial charge on any atom is -0.495 e. The second kappa shape index (κ2) is 10.3. The van der Waals surface area contributed by atoms with Crippen molar-refractivity contribution in [2.45, 2.75) is 12.5 Å². The van der Waals surface area contributed by atoms with Gasteiger partial charge in [0.15, 0.2) is 5.82 Å². The van der Waals surface area contributed by atoms with Gasteiger partial charge in [0, 0.05) is 30.3 Å². The highest BCUT2D eigenvalue weighted by Gasteiger charge is 2.34. The number of nitrogens with zero attached hydrogens (tertiary/aromatic N) is 3. The van der Waals surface area contributed by atoms with Crippen molar-refractivity contribution in [1.29, 1.82) is 0 Å². The highest BCUT2D eigenvalue weighted by Crippen LogP contribution is 2.47. The van der Waals surface area contributed by atoms with Crippen LogP contribution in [0.1, 0.15) is 18.1 Å². The lowest BCUT2D eigenvalue weighted by Crippen LogP contribution is -2.24. The van der Waals surface area contributed by atoms with Gasteiger partial charge in [-0.15, -0.1) is 0 Å². The van der Waals surface area contributed by atoms with E-state index in [1.807, 2.05) is 12.1 Å². The predicted molar refractivity (Wildman–Crippen MR) is 145 cm³/mol. The molecule has 192 valence electrons. The van der Waals surface area contributed by atoms with Crippen LogP contribution in [-0.4, -0.2) is 40.0 Å². The molecule has 0 spiro atoms. The molecule has 0 saturated carbocycles. The first-order chi connectivity index (χ1) is 17.6. The smallest absolute Gasteiger partial charge is 0.247 e. The van der Waals surface area contributed by atoms with Gasteiger partial charge in [-0.25, -0.2) is 4.98 Å². The molecular formula is C26H25Cl2N5O4. The van der Waals surface area contributed by atoms with E-state index < -0.39 is 5.60 Å². The normalized spacial score (nSPS) is 12.6. The number of aryl methyl sites for hydroxylation is 1. The SMILES string of the molecule is C=CC(=O)Nc1cn(C)nc1Nc1cc2cc(C(C)(O)c3c(Cl)c(OC)cc(OC)c3Cl)ccc2cn1. The molecule has 4 rings (SSSR count). The zero-order valence-corrected chi connectivity index (χ0v) is 22.1. The van der Waals surface area contributed by atoms with E-state index in [4.69, 9.17) is 32.7 Å². The van der Waals surface area contributed by atoms with Crippen LogP contribution in [0.3, 0.4) is 0 Å². The summed E-state index contributed by atoms with van der Waals surface area (Å²) in [5.41, 5.74) is -0.324. The van der Waals surface area contributed by atoms with Crippen molar-refractivity contribution in [1.82, 2.24) is 14.8 Å². The Bertz CT molecular complexity index is 1490. The van der Waals surface area contributed by atoms with E-state index in [0.717, 1.165) is 10.8 Å². The van der Waals surface area contributed by atoms with Crippen LogP contribution in [-0.2, 0) is 17.4 Å². The van der Waals surface area contributed by atoms with Crippen LogP contribution in [0.4, 0.5) is 17.3 Å². The fourth-order valence-corrected chi connectivity index (χ4v) is 4.82. The topological polar surface area (TPSA) is 111 Å². The summed E-state index contributed by atoms with van der Waals surface area (Å²) in [5, 5.41) is 23.9. The summed E-state index contributed by atoms with van der Waals surface area (Å²) >= 11 is 13.2. The Labute approximate surface area is 223 Å². The number of hydrogen-bond donors (Lipinski definition) is 3. The highest BCUT2D eigenvalue weighted by molar-refractivity contribution is 6.38. The van der Waals surface area contributed by atoms with Gasteiger partial charge in [0.25, 0.3) is 0 Å². The average Bonchev–Trinajstić information content (AvgIpc) is 3.21. The molecule has 3 N–H and O–H groups in total. The fourth-order valence-electron chi connectivity index (χ4n) is 3.95. The Morgan fingerprint density at radius 2 is 1.81 bits per heavy atom. The molecule has 37 heavy (non-hydrogen) atoms. The molecule has 0 aliphatic carbocycles. The van der Waals surface area contributed by atoms with E-state index in [2.05, 4.69) is 27.3 Å². The largest absolute Gasteiger partial charge is 0.495 e. The Balaban J connectivity index is 1.75. The van der Waals surface area contributed by atoms with Crippen molar-refractivity contribution in [3.8, 4) is 11.5 Å². The number of methoxy groups -OCH3 is 2. The van der Waals surface area contributed by atoms with Crippen LogP contribution >= 0.6 is 23.2 Å². The van der Waals surface area contributed by atoms with Gasteiger partial charge in [0.1, 0.15) is 28.6 Å². The van der Waals surface area contributed by atoms with Crippen LogP contribution < -0.4 is 20.1 Å². The zero-order chi connectivity index (χ0) is 26.9. The number of carbonyl (C=O) groups is 1. The maximum Gasteiger partial charge on any atom is 0.247 e. The third-order valence-corrected chi connectivity index (χ3v) is 6.61. The molecule has 2 heterocycles. The number of anilines is 3. The summed E-state index contributed by atoms with van der Waals surface area (Å²) in [6.45, 7) is 5.07. The average molecular weight is 542 g/mol. The summed E-state index contributed by atoms with van der Waals surface area (Å²) < 4.78 is 12.3. The van der Waals surface area contributed by atoms with Crippen molar-refractivity contribution < 1.29 is 19.4 Å². The number of ether oxygens (including phenoxy) is 2. The molecule has 2 aromatic heterocycles. The van der Waals surface area contributed by atoms with E-state index in [0.29, 0.717) is 34.4 Å². The molecule has 0 radical (unpaired) electrons. The second-order valence-electron chi connectivity index (χ2n) is 8.37. The highest BCUT2D eigenvalue weighted by atomic mass is 35.5. The van der Waals surface area contributed by atoms with E-state index in [1.54, 1.807) is 49.2 Å². The number of pyridine rings is 1. The lowest BCUT2D eigenvalue weighted by molar-refractivity contribution is -0.111. The number of aliphatic hydroxyl groups is 1. The quantitative estimate of drug-likeness (QED) is 0.255. The Morgan fingerprint density at radius 3 is 2.43 bits per heavy atom. The number of fused-ring (bicyclic) bond motifs is 1. The first-order valence-electron chi connectivity index (χ1n) is 11.1. The predicted octanol–water partition coefficient (Wildman–Crippen LogP) is 5.42. The Kier molecular flexibility index (Phi) is 7.31. The molecule has 0 bridgehead atoms. The van der Waals surface area contributed by atoms with E-state index in [1.165, 1.54) is 20.3 Å². The number of halogens is 2. The minimum atomic E-state index is -1.59. The maximum atomic E-state index is 11.8. The summed E-state index contributed by atoms with van der Waals surface area (Å²) in [6.07, 6.45) is 4.53. The van der Waals surface area contributed by atoms with Crippen molar-refractivity contribution >= 4 is 57.2 Å². The van der Waals surface area contributed by atoms with Crippen LogP contribution in [0.15, 0.2) is 55.4 Å². The molecule has 0 saturated heterocycles. The molecule has 1 atom stereocenters. The van der Waals surface area contributed by atoms with Gasteiger partial charge < -0.3 is 25.2 Å². The lowest BCUT2D eigenvalue weighted by Gasteiger charge is -2.28. The number of amides is 1. The standard InChI is InChI=1S/C26H25Cl2N5O4/c1-6-21(34)30-17-13-33(3)32-25(17)31-20-10-15-9-16(8-7-14(15)12-29-20)26(2,35)22-23(27)18(36-4)11-19(37-5)24(22)28/h6-13,35H,1H2,2-5H3,(H,30,34)(H,29,31,32). The number of nitrogens with one attached hydrogen (secondary N) is 2. The van der Waals surface area contributed by atoms with Crippen molar-refractivity contribution in [2.75, 3.05) is 24.9 Å². The molecule has 1 amide bonds. The number of carbonyl (C=O) groups excluding carboxylic acids is 1. The Morgan fingerprint density at radius 1 is 1.14 bits per heavy atom. The van der Waals surface area contributed by atoms with E-state index >= 15 is 0 Å². The van der Waals surface area contributed by atoms with Gasteiger partial charge in [-0.3, -0.25) is 9.48 Å². The molecule has 0 aliphatic rings. The molecule has 0 aliphatic heterocycles. The van der Waals surface area contributed by atoms with Crippen molar-refractivity contribution in [3.63, 3.8) is 0 Å². The van der Waals surface area contributed by atoms with Gasteiger partial charge in [0.05, 0.1) is 30.5 Å². The molecule has 1 unspecified atom stereocenters. The van der Waals surface area contributed by atoms with Crippen LogP contribution in [0.25, 0.3) is 10.8 Å². The molecule has 0 fully saturated rings. The van der Waals surface area contributed by atoms with E-state index in [-0.39, 0.29) is 21.5 Å². The lowest BCUT2D eigenvalue weighted by atomic mass is 9.86. The van der Waals surface area contributed by atoms with Gasteiger partial charge in [-0.05, 0) is 36.1 Å². The minimum absolute atomic E-state index is 0.180. The molecule has 2 aromatic carbocycles. The van der Waals surface area contributed by atoms with Gasteiger partial charge in [-0.1, -0.05) is 41.9 Å².